The Hall–Kier alpha value is -2.91. The van der Waals surface area contributed by atoms with Crippen molar-refractivity contribution in [3.05, 3.63) is 64.7 Å². The summed E-state index contributed by atoms with van der Waals surface area (Å²) < 4.78 is 26.4. The van der Waals surface area contributed by atoms with Crippen molar-refractivity contribution in [2.45, 2.75) is 59.2 Å². The van der Waals surface area contributed by atoms with Crippen LogP contribution in [0, 0.1) is 0 Å². The predicted octanol–water partition coefficient (Wildman–Crippen LogP) is 4.03. The molecule has 0 bridgehead atoms. The van der Waals surface area contributed by atoms with Gasteiger partial charge in [-0.1, -0.05) is 55.8 Å². The second kappa shape index (κ2) is 12.9. The number of hydrogen-bond acceptors (Lipinski definition) is 5. The molecule has 0 unspecified atom stereocenters. The molecule has 0 saturated carbocycles. The summed E-state index contributed by atoms with van der Waals surface area (Å²) in [7, 11) is -3.90. The minimum atomic E-state index is -3.90. The van der Waals surface area contributed by atoms with Gasteiger partial charge in [-0.2, -0.15) is 0 Å². The van der Waals surface area contributed by atoms with Crippen molar-refractivity contribution < 1.29 is 22.8 Å². The highest BCUT2D eigenvalue weighted by Crippen LogP contribution is 2.23. The van der Waals surface area contributed by atoms with E-state index in [4.69, 9.17) is 11.6 Å². The molecule has 0 radical (unpaired) electrons. The van der Waals surface area contributed by atoms with Gasteiger partial charge in [0.05, 0.1) is 11.9 Å². The van der Waals surface area contributed by atoms with E-state index in [0.29, 0.717) is 22.6 Å². The highest BCUT2D eigenvalue weighted by Gasteiger charge is 2.32. The number of sulfonamides is 1. The molecule has 0 heterocycles. The van der Waals surface area contributed by atoms with Gasteiger partial charge in [0.2, 0.25) is 21.8 Å². The Morgan fingerprint density at radius 1 is 1.03 bits per heavy atom. The van der Waals surface area contributed by atoms with Crippen molar-refractivity contribution in [1.82, 2.24) is 10.2 Å². The first-order chi connectivity index (χ1) is 16.9. The molecular weight excluding hydrogens is 502 g/mol. The number of anilines is 1. The number of hydrogen-bond donors (Lipinski definition) is 1. The van der Waals surface area contributed by atoms with Crippen molar-refractivity contribution in [1.29, 1.82) is 0 Å². The van der Waals surface area contributed by atoms with Gasteiger partial charge in [0.15, 0.2) is 5.78 Å². The molecule has 8 nitrogen and oxygen atoms in total. The summed E-state index contributed by atoms with van der Waals surface area (Å²) in [5.41, 5.74) is 1.14. The molecule has 2 amide bonds. The maximum atomic E-state index is 13.7. The van der Waals surface area contributed by atoms with Crippen LogP contribution in [-0.4, -0.2) is 55.8 Å². The molecule has 0 fully saturated rings. The number of rotatable bonds is 12. The molecule has 0 aliphatic carbocycles. The van der Waals surface area contributed by atoms with Crippen molar-refractivity contribution in [2.24, 2.45) is 0 Å². The van der Waals surface area contributed by atoms with Crippen LogP contribution >= 0.6 is 11.6 Å². The first-order valence-electron chi connectivity index (χ1n) is 11.8. The third-order valence-corrected chi connectivity index (χ3v) is 7.41. The molecule has 2 aromatic carbocycles. The van der Waals surface area contributed by atoms with Gasteiger partial charge in [-0.15, -0.1) is 0 Å². The standard InChI is InChI=1S/C26H34ClN3O5S/c1-6-18(3)28-26(33)24(7-2)29(16-21-11-8-9-14-23(21)27)25(32)17-30(36(5,34)35)22-13-10-12-20(15-22)19(4)31/h8-15,18,24H,6-7,16-17H2,1-5H3,(H,28,33)/t18-,24+/m1/s1. The summed E-state index contributed by atoms with van der Waals surface area (Å²) >= 11 is 6.35. The predicted molar refractivity (Wildman–Crippen MR) is 143 cm³/mol. The third-order valence-electron chi connectivity index (χ3n) is 5.91. The first kappa shape index (κ1) is 29.3. The number of nitrogens with one attached hydrogen (secondary N) is 1. The van der Waals surface area contributed by atoms with Crippen molar-refractivity contribution >= 4 is 44.9 Å². The van der Waals surface area contributed by atoms with Gasteiger partial charge in [-0.3, -0.25) is 18.7 Å². The van der Waals surface area contributed by atoms with Crippen LogP contribution in [-0.2, 0) is 26.2 Å². The molecule has 1 N–H and O–H groups in total. The van der Waals surface area contributed by atoms with Gasteiger partial charge in [0.1, 0.15) is 12.6 Å². The molecule has 2 atom stereocenters. The van der Waals surface area contributed by atoms with E-state index in [0.717, 1.165) is 17.0 Å². The van der Waals surface area contributed by atoms with Crippen LogP contribution in [0.25, 0.3) is 0 Å². The van der Waals surface area contributed by atoms with Gasteiger partial charge in [0.25, 0.3) is 0 Å². The average Bonchev–Trinajstić information content (AvgIpc) is 2.82. The zero-order valence-electron chi connectivity index (χ0n) is 21.3. The van der Waals surface area contributed by atoms with Crippen LogP contribution < -0.4 is 9.62 Å². The van der Waals surface area contributed by atoms with Crippen LogP contribution in [0.3, 0.4) is 0 Å². The quantitative estimate of drug-likeness (QED) is 0.413. The van der Waals surface area contributed by atoms with Crippen LogP contribution in [0.5, 0.6) is 0 Å². The molecule has 10 heteroatoms. The Morgan fingerprint density at radius 3 is 2.25 bits per heavy atom. The normalized spacial score (nSPS) is 12.9. The van der Waals surface area contributed by atoms with Crippen LogP contribution in [0.1, 0.15) is 56.5 Å². The highest BCUT2D eigenvalue weighted by molar-refractivity contribution is 7.92. The van der Waals surface area contributed by atoms with E-state index >= 15 is 0 Å². The second-order valence-electron chi connectivity index (χ2n) is 8.73. The lowest BCUT2D eigenvalue weighted by Crippen LogP contribution is -2.53. The highest BCUT2D eigenvalue weighted by atomic mass is 35.5. The largest absolute Gasteiger partial charge is 0.352 e. The minimum absolute atomic E-state index is 0.0238. The number of amides is 2. The van der Waals surface area contributed by atoms with Gasteiger partial charge >= 0.3 is 0 Å². The van der Waals surface area contributed by atoms with Gasteiger partial charge in [-0.05, 0) is 50.5 Å². The number of carbonyl (C=O) groups is 3. The molecule has 0 saturated heterocycles. The van der Waals surface area contributed by atoms with Crippen molar-refractivity contribution in [3.63, 3.8) is 0 Å². The number of ketones is 1. The maximum absolute atomic E-state index is 13.7. The third kappa shape index (κ3) is 7.80. The summed E-state index contributed by atoms with van der Waals surface area (Å²) in [4.78, 5) is 40.0. The topological polar surface area (TPSA) is 104 Å². The minimum Gasteiger partial charge on any atom is -0.352 e. The number of benzene rings is 2. The fourth-order valence-electron chi connectivity index (χ4n) is 3.66. The second-order valence-corrected chi connectivity index (χ2v) is 11.0. The molecule has 2 aromatic rings. The average molecular weight is 536 g/mol. The van der Waals surface area contributed by atoms with Crippen LogP contribution in [0.2, 0.25) is 5.02 Å². The Bertz CT molecular complexity index is 1200. The number of carbonyl (C=O) groups excluding carboxylic acids is 3. The zero-order chi connectivity index (χ0) is 27.0. The lowest BCUT2D eigenvalue weighted by molar-refractivity contribution is -0.140. The number of nitrogens with zero attached hydrogens (tertiary/aromatic N) is 2. The fraction of sp³-hybridized carbons (Fsp3) is 0.423. The number of Topliss-reactive ketones (excluding diaryl/α,β-unsaturated/α-hetero) is 1. The van der Waals surface area contributed by atoms with E-state index in [1.807, 2.05) is 13.8 Å². The lowest BCUT2D eigenvalue weighted by Gasteiger charge is -2.33. The van der Waals surface area contributed by atoms with Crippen LogP contribution in [0.15, 0.2) is 48.5 Å². The van der Waals surface area contributed by atoms with Gasteiger partial charge in [-0.25, -0.2) is 8.42 Å². The molecule has 196 valence electrons. The van der Waals surface area contributed by atoms with Crippen LogP contribution in [0.4, 0.5) is 5.69 Å². The van der Waals surface area contributed by atoms with Gasteiger partial charge < -0.3 is 10.2 Å². The molecule has 0 spiro atoms. The van der Waals surface area contributed by atoms with E-state index < -0.39 is 28.5 Å². The Kier molecular flexibility index (Phi) is 10.5. The summed E-state index contributed by atoms with van der Waals surface area (Å²) in [6.07, 6.45) is 2.03. The number of halogens is 1. The maximum Gasteiger partial charge on any atom is 0.244 e. The smallest absolute Gasteiger partial charge is 0.244 e. The SMILES string of the molecule is CC[C@@H](C)NC(=O)[C@H](CC)N(Cc1ccccc1Cl)C(=O)CN(c1cccc(C(C)=O)c1)S(C)(=O)=O. The Labute approximate surface area is 218 Å². The molecule has 2 rings (SSSR count). The van der Waals surface area contributed by atoms with Crippen molar-refractivity contribution in [2.75, 3.05) is 17.1 Å². The molecule has 36 heavy (non-hydrogen) atoms. The molecule has 0 aromatic heterocycles. The van der Waals surface area contributed by atoms with E-state index in [9.17, 15) is 22.8 Å². The summed E-state index contributed by atoms with van der Waals surface area (Å²) in [5.74, 6) is -1.12. The van der Waals surface area contributed by atoms with E-state index in [1.54, 1.807) is 43.3 Å². The Balaban J connectivity index is 2.49. The van der Waals surface area contributed by atoms with E-state index in [-0.39, 0.29) is 30.0 Å². The van der Waals surface area contributed by atoms with E-state index in [1.165, 1.54) is 24.0 Å². The Morgan fingerprint density at radius 2 is 1.69 bits per heavy atom. The summed E-state index contributed by atoms with van der Waals surface area (Å²) in [6.45, 7) is 6.46. The van der Waals surface area contributed by atoms with Gasteiger partial charge in [0, 0.05) is 23.2 Å². The monoisotopic (exact) mass is 535 g/mol. The van der Waals surface area contributed by atoms with E-state index in [2.05, 4.69) is 5.32 Å². The lowest BCUT2D eigenvalue weighted by atomic mass is 10.1. The summed E-state index contributed by atoms with van der Waals surface area (Å²) in [6, 6.07) is 12.1. The molecular formula is C26H34ClN3O5S. The first-order valence-corrected chi connectivity index (χ1v) is 14.0. The summed E-state index contributed by atoms with van der Waals surface area (Å²) in [5, 5.41) is 3.35. The molecule has 0 aliphatic heterocycles. The fourth-order valence-corrected chi connectivity index (χ4v) is 4.70. The zero-order valence-corrected chi connectivity index (χ0v) is 22.9. The van der Waals surface area contributed by atoms with Crippen molar-refractivity contribution in [3.8, 4) is 0 Å². The molecule has 0 aliphatic rings.